The normalized spacial score (nSPS) is 11.0. The smallest absolute Gasteiger partial charge is 0.255 e. The molecule has 0 aromatic heterocycles. The molecule has 2 aromatic rings. The van der Waals surface area contributed by atoms with E-state index in [4.69, 9.17) is 11.6 Å². The molecule has 0 aliphatic rings. The van der Waals surface area contributed by atoms with Gasteiger partial charge in [-0.15, -0.1) is 0 Å². The number of anilines is 2. The largest absolute Gasteiger partial charge is 0.322 e. The lowest BCUT2D eigenvalue weighted by Gasteiger charge is -2.08. The Balaban J connectivity index is 2.18. The number of nitrogens with one attached hydrogen (secondary N) is 2. The Morgan fingerprint density at radius 3 is 2.38 bits per heavy atom. The van der Waals surface area contributed by atoms with Crippen LogP contribution < -0.4 is 10.0 Å². The molecule has 110 valence electrons. The average Bonchev–Trinajstić information content (AvgIpc) is 2.37. The van der Waals surface area contributed by atoms with Crippen molar-refractivity contribution in [2.24, 2.45) is 0 Å². The van der Waals surface area contributed by atoms with Crippen LogP contribution in [0.2, 0.25) is 5.02 Å². The van der Waals surface area contributed by atoms with Crippen molar-refractivity contribution in [3.05, 3.63) is 59.1 Å². The highest BCUT2D eigenvalue weighted by Gasteiger charge is 2.09. The summed E-state index contributed by atoms with van der Waals surface area (Å²) >= 11 is 5.84. The van der Waals surface area contributed by atoms with Crippen LogP contribution in [0, 0.1) is 0 Å². The van der Waals surface area contributed by atoms with Crippen LogP contribution in [-0.2, 0) is 10.0 Å². The van der Waals surface area contributed by atoms with Gasteiger partial charge in [0.25, 0.3) is 5.91 Å². The molecule has 2 aromatic carbocycles. The molecule has 0 atom stereocenters. The monoisotopic (exact) mass is 324 g/mol. The molecule has 1 amide bonds. The number of carbonyl (C=O) groups excluding carboxylic acids is 1. The second-order valence-electron chi connectivity index (χ2n) is 4.42. The second-order valence-corrected chi connectivity index (χ2v) is 6.60. The van der Waals surface area contributed by atoms with Gasteiger partial charge in [0.05, 0.1) is 6.26 Å². The number of rotatable bonds is 4. The first kappa shape index (κ1) is 15.3. The van der Waals surface area contributed by atoms with Crippen LogP contribution in [0.15, 0.2) is 48.5 Å². The molecule has 7 heteroatoms. The van der Waals surface area contributed by atoms with E-state index in [9.17, 15) is 13.2 Å². The predicted molar refractivity (Wildman–Crippen MR) is 84.3 cm³/mol. The molecule has 0 radical (unpaired) electrons. The van der Waals surface area contributed by atoms with E-state index in [0.717, 1.165) is 6.26 Å². The third-order valence-electron chi connectivity index (χ3n) is 2.51. The van der Waals surface area contributed by atoms with E-state index in [0.29, 0.717) is 22.0 Å². The molecular weight excluding hydrogens is 312 g/mol. The summed E-state index contributed by atoms with van der Waals surface area (Å²) in [4.78, 5) is 12.1. The summed E-state index contributed by atoms with van der Waals surface area (Å²) in [7, 11) is -3.38. The maximum Gasteiger partial charge on any atom is 0.255 e. The van der Waals surface area contributed by atoms with Crippen LogP contribution in [0.25, 0.3) is 0 Å². The number of amides is 1. The lowest BCUT2D eigenvalue weighted by atomic mass is 10.2. The minimum Gasteiger partial charge on any atom is -0.322 e. The summed E-state index contributed by atoms with van der Waals surface area (Å²) in [6, 6.07) is 13.0. The maximum atomic E-state index is 12.1. The molecule has 0 heterocycles. The van der Waals surface area contributed by atoms with Gasteiger partial charge in [0.2, 0.25) is 10.0 Å². The van der Waals surface area contributed by atoms with Crippen molar-refractivity contribution in [3.63, 3.8) is 0 Å². The lowest BCUT2D eigenvalue weighted by molar-refractivity contribution is 0.102. The minimum atomic E-state index is -3.38. The van der Waals surface area contributed by atoms with Gasteiger partial charge in [-0.1, -0.05) is 23.7 Å². The zero-order chi connectivity index (χ0) is 15.5. The van der Waals surface area contributed by atoms with E-state index in [1.807, 2.05) is 0 Å². The Bertz CT molecular complexity index is 775. The third-order valence-corrected chi connectivity index (χ3v) is 3.35. The summed E-state index contributed by atoms with van der Waals surface area (Å²) in [6.45, 7) is 0. The van der Waals surface area contributed by atoms with Gasteiger partial charge in [0.15, 0.2) is 0 Å². The van der Waals surface area contributed by atoms with Crippen LogP contribution in [0.5, 0.6) is 0 Å². The SMILES string of the molecule is CS(=O)(=O)Nc1cccc(C(=O)Nc2cccc(Cl)c2)c1. The standard InChI is InChI=1S/C14H13ClN2O3S/c1-21(19,20)17-13-7-2-4-10(8-13)14(18)16-12-6-3-5-11(15)9-12/h2-9,17H,1H3,(H,16,18). The number of hydrogen-bond donors (Lipinski definition) is 2. The third kappa shape index (κ3) is 4.77. The van der Waals surface area contributed by atoms with Crippen LogP contribution in [0.3, 0.4) is 0 Å². The van der Waals surface area contributed by atoms with Crippen molar-refractivity contribution >= 4 is 38.9 Å². The van der Waals surface area contributed by atoms with E-state index in [-0.39, 0.29) is 5.91 Å². The van der Waals surface area contributed by atoms with Crippen LogP contribution in [0.4, 0.5) is 11.4 Å². The zero-order valence-corrected chi connectivity index (χ0v) is 12.7. The van der Waals surface area contributed by atoms with E-state index in [2.05, 4.69) is 10.0 Å². The summed E-state index contributed by atoms with van der Waals surface area (Å²) in [5, 5.41) is 3.20. The number of carbonyl (C=O) groups is 1. The predicted octanol–water partition coefficient (Wildman–Crippen LogP) is 2.96. The van der Waals surface area contributed by atoms with Gasteiger partial charge in [-0.3, -0.25) is 9.52 Å². The Hall–Kier alpha value is -2.05. The van der Waals surface area contributed by atoms with Crippen molar-refractivity contribution in [2.75, 3.05) is 16.3 Å². The van der Waals surface area contributed by atoms with Crippen LogP contribution >= 0.6 is 11.6 Å². The fourth-order valence-corrected chi connectivity index (χ4v) is 2.45. The van der Waals surface area contributed by atoms with Crippen molar-refractivity contribution in [3.8, 4) is 0 Å². The molecular formula is C14H13ClN2O3S. The van der Waals surface area contributed by atoms with E-state index < -0.39 is 10.0 Å². The topological polar surface area (TPSA) is 75.3 Å². The minimum absolute atomic E-state index is 0.330. The van der Waals surface area contributed by atoms with Gasteiger partial charge in [-0.25, -0.2) is 8.42 Å². The van der Waals surface area contributed by atoms with Crippen molar-refractivity contribution < 1.29 is 13.2 Å². The Morgan fingerprint density at radius 1 is 1.05 bits per heavy atom. The highest BCUT2D eigenvalue weighted by atomic mass is 35.5. The molecule has 0 spiro atoms. The fourth-order valence-electron chi connectivity index (χ4n) is 1.71. The molecule has 2 rings (SSSR count). The van der Waals surface area contributed by atoms with Gasteiger partial charge < -0.3 is 5.32 Å². The van der Waals surface area contributed by atoms with Crippen molar-refractivity contribution in [1.29, 1.82) is 0 Å². The molecule has 0 aliphatic heterocycles. The van der Waals surface area contributed by atoms with Gasteiger partial charge in [-0.05, 0) is 36.4 Å². The van der Waals surface area contributed by atoms with Gasteiger partial charge in [0, 0.05) is 22.0 Å². The highest BCUT2D eigenvalue weighted by molar-refractivity contribution is 7.92. The quantitative estimate of drug-likeness (QED) is 0.908. The summed E-state index contributed by atoms with van der Waals surface area (Å²) in [6.07, 6.45) is 1.05. The summed E-state index contributed by atoms with van der Waals surface area (Å²) in [5.41, 5.74) is 1.23. The number of sulfonamides is 1. The second kappa shape index (κ2) is 6.15. The zero-order valence-electron chi connectivity index (χ0n) is 11.1. The first-order chi connectivity index (χ1) is 9.83. The average molecular weight is 325 g/mol. The Labute approximate surface area is 128 Å². The number of hydrogen-bond acceptors (Lipinski definition) is 3. The highest BCUT2D eigenvalue weighted by Crippen LogP contribution is 2.17. The molecule has 0 saturated carbocycles. The maximum absolute atomic E-state index is 12.1. The molecule has 0 saturated heterocycles. The Kier molecular flexibility index (Phi) is 4.50. The van der Waals surface area contributed by atoms with Gasteiger partial charge >= 0.3 is 0 Å². The first-order valence-electron chi connectivity index (χ1n) is 5.98. The first-order valence-corrected chi connectivity index (χ1v) is 8.25. The van der Waals surface area contributed by atoms with Crippen LogP contribution in [0.1, 0.15) is 10.4 Å². The van der Waals surface area contributed by atoms with E-state index in [1.54, 1.807) is 42.5 Å². The summed E-state index contributed by atoms with van der Waals surface area (Å²) < 4.78 is 24.7. The van der Waals surface area contributed by atoms with Crippen LogP contribution in [-0.4, -0.2) is 20.6 Å². The molecule has 0 fully saturated rings. The molecule has 0 unspecified atom stereocenters. The Morgan fingerprint density at radius 2 is 1.71 bits per heavy atom. The molecule has 21 heavy (non-hydrogen) atoms. The molecule has 0 aliphatic carbocycles. The number of halogens is 1. The van der Waals surface area contributed by atoms with Gasteiger partial charge in [0.1, 0.15) is 0 Å². The molecule has 5 nitrogen and oxygen atoms in total. The lowest BCUT2D eigenvalue weighted by Crippen LogP contribution is -2.13. The van der Waals surface area contributed by atoms with E-state index in [1.165, 1.54) is 6.07 Å². The van der Waals surface area contributed by atoms with Gasteiger partial charge in [-0.2, -0.15) is 0 Å². The molecule has 0 bridgehead atoms. The molecule has 2 N–H and O–H groups in total. The number of benzene rings is 2. The van der Waals surface area contributed by atoms with E-state index >= 15 is 0 Å². The van der Waals surface area contributed by atoms with Crippen molar-refractivity contribution in [1.82, 2.24) is 0 Å². The summed E-state index contributed by atoms with van der Waals surface area (Å²) in [5.74, 6) is -0.352. The van der Waals surface area contributed by atoms with Crippen molar-refractivity contribution in [2.45, 2.75) is 0 Å². The fraction of sp³-hybridized carbons (Fsp3) is 0.0714.